The van der Waals surface area contributed by atoms with E-state index in [1.165, 1.54) is 11.3 Å². The predicted molar refractivity (Wildman–Crippen MR) is 92.2 cm³/mol. The minimum absolute atomic E-state index is 0.618. The maximum Gasteiger partial charge on any atom is 0.189 e. The van der Waals surface area contributed by atoms with Gasteiger partial charge in [0, 0.05) is 11.3 Å². The van der Waals surface area contributed by atoms with Gasteiger partial charge >= 0.3 is 0 Å². The van der Waals surface area contributed by atoms with Gasteiger partial charge in [-0.1, -0.05) is 29.5 Å². The summed E-state index contributed by atoms with van der Waals surface area (Å²) in [6.07, 6.45) is 0. The molecular weight excluding hydrogens is 360 g/mol. The molecule has 4 nitrogen and oxygen atoms in total. The summed E-state index contributed by atoms with van der Waals surface area (Å²) in [5, 5.41) is 13.0. The molecule has 0 fully saturated rings. The maximum absolute atomic E-state index is 9.00. The van der Waals surface area contributed by atoms with Crippen molar-refractivity contribution in [1.82, 2.24) is 9.97 Å². The van der Waals surface area contributed by atoms with Crippen LogP contribution in [0.15, 0.2) is 46.3 Å². The minimum atomic E-state index is 0.618. The zero-order valence-electron chi connectivity index (χ0n) is 11.7. The highest BCUT2D eigenvalue weighted by Gasteiger charge is 2.12. The molecule has 0 radical (unpaired) electrons. The Balaban J connectivity index is 1.92. The number of nitrogens with one attached hydrogen (secondary N) is 1. The van der Waals surface area contributed by atoms with Crippen LogP contribution in [0.25, 0.3) is 11.3 Å². The first-order valence-electron chi connectivity index (χ1n) is 6.53. The molecule has 1 N–H and O–H groups in total. The molecule has 3 rings (SSSR count). The molecular formula is C16H11BrN4S. The SMILES string of the molecule is Cc1cccc(Nc2nc(-c3cccc(C#N)c3)c(Br)s2)n1. The Morgan fingerprint density at radius 1 is 1.18 bits per heavy atom. The highest BCUT2D eigenvalue weighted by Crippen LogP contribution is 2.36. The monoisotopic (exact) mass is 370 g/mol. The van der Waals surface area contributed by atoms with Crippen LogP contribution in [0, 0.1) is 18.3 Å². The number of anilines is 2. The number of benzene rings is 1. The van der Waals surface area contributed by atoms with Gasteiger partial charge in [0.25, 0.3) is 0 Å². The Kier molecular flexibility index (Phi) is 4.18. The van der Waals surface area contributed by atoms with Crippen molar-refractivity contribution in [3.63, 3.8) is 0 Å². The molecule has 2 aromatic heterocycles. The van der Waals surface area contributed by atoms with E-state index >= 15 is 0 Å². The number of thiazole rings is 1. The Hall–Kier alpha value is -2.23. The molecule has 0 saturated carbocycles. The van der Waals surface area contributed by atoms with Crippen molar-refractivity contribution in [1.29, 1.82) is 5.26 Å². The fourth-order valence-electron chi connectivity index (χ4n) is 1.99. The Morgan fingerprint density at radius 2 is 2.00 bits per heavy atom. The van der Waals surface area contributed by atoms with E-state index in [1.54, 1.807) is 6.07 Å². The topological polar surface area (TPSA) is 61.6 Å². The molecule has 22 heavy (non-hydrogen) atoms. The van der Waals surface area contributed by atoms with Crippen molar-refractivity contribution in [2.45, 2.75) is 6.92 Å². The van der Waals surface area contributed by atoms with E-state index in [0.29, 0.717) is 5.56 Å². The number of hydrogen-bond donors (Lipinski definition) is 1. The van der Waals surface area contributed by atoms with Gasteiger partial charge in [-0.2, -0.15) is 5.26 Å². The van der Waals surface area contributed by atoms with Crippen LogP contribution in [0.2, 0.25) is 0 Å². The first-order chi connectivity index (χ1) is 10.7. The van der Waals surface area contributed by atoms with E-state index in [0.717, 1.165) is 31.7 Å². The second kappa shape index (κ2) is 6.26. The van der Waals surface area contributed by atoms with Gasteiger partial charge in [0.15, 0.2) is 5.13 Å². The van der Waals surface area contributed by atoms with Crippen molar-refractivity contribution < 1.29 is 0 Å². The third kappa shape index (κ3) is 3.16. The molecule has 0 amide bonds. The van der Waals surface area contributed by atoms with Crippen LogP contribution in [-0.2, 0) is 0 Å². The van der Waals surface area contributed by atoms with Gasteiger partial charge in [-0.3, -0.25) is 0 Å². The largest absolute Gasteiger partial charge is 0.316 e. The highest BCUT2D eigenvalue weighted by atomic mass is 79.9. The average molecular weight is 371 g/mol. The van der Waals surface area contributed by atoms with Gasteiger partial charge in [0.2, 0.25) is 0 Å². The number of rotatable bonds is 3. The molecule has 1 aromatic carbocycles. The predicted octanol–water partition coefficient (Wildman–Crippen LogP) is 4.89. The molecule has 2 heterocycles. The van der Waals surface area contributed by atoms with Crippen LogP contribution in [0.3, 0.4) is 0 Å². The number of aromatic nitrogens is 2. The van der Waals surface area contributed by atoms with Crippen LogP contribution in [-0.4, -0.2) is 9.97 Å². The molecule has 3 aromatic rings. The van der Waals surface area contributed by atoms with Gasteiger partial charge < -0.3 is 5.32 Å². The minimum Gasteiger partial charge on any atom is -0.316 e. The third-order valence-electron chi connectivity index (χ3n) is 2.97. The molecule has 0 aliphatic carbocycles. The number of hydrogen-bond acceptors (Lipinski definition) is 5. The summed E-state index contributed by atoms with van der Waals surface area (Å²) in [6, 6.07) is 15.3. The lowest BCUT2D eigenvalue weighted by Gasteiger charge is -2.02. The Morgan fingerprint density at radius 3 is 2.77 bits per heavy atom. The van der Waals surface area contributed by atoms with Gasteiger partial charge in [0.1, 0.15) is 5.82 Å². The van der Waals surface area contributed by atoms with Crippen LogP contribution < -0.4 is 5.32 Å². The molecule has 0 unspecified atom stereocenters. The second-order valence-electron chi connectivity index (χ2n) is 4.62. The first kappa shape index (κ1) is 14.7. The third-order valence-corrected chi connectivity index (χ3v) is 4.59. The Bertz CT molecular complexity index is 867. The smallest absolute Gasteiger partial charge is 0.189 e. The van der Waals surface area contributed by atoms with Crippen LogP contribution >= 0.6 is 27.3 Å². The summed E-state index contributed by atoms with van der Waals surface area (Å²) in [7, 11) is 0. The van der Waals surface area contributed by atoms with E-state index in [9.17, 15) is 0 Å². The summed E-state index contributed by atoms with van der Waals surface area (Å²) in [5.41, 5.74) is 3.29. The van der Waals surface area contributed by atoms with Gasteiger partial charge in [-0.25, -0.2) is 9.97 Å². The first-order valence-corrected chi connectivity index (χ1v) is 8.14. The standard InChI is InChI=1S/C16H11BrN4S/c1-10-4-2-7-13(19-10)20-16-21-14(15(17)22-16)12-6-3-5-11(8-12)9-18/h2-8H,1H3,(H,19,20,21). The summed E-state index contributed by atoms with van der Waals surface area (Å²) in [5.74, 6) is 0.763. The van der Waals surface area contributed by atoms with E-state index in [2.05, 4.69) is 37.3 Å². The summed E-state index contributed by atoms with van der Waals surface area (Å²) in [6.45, 7) is 1.95. The van der Waals surface area contributed by atoms with Crippen LogP contribution in [0.4, 0.5) is 10.9 Å². The lowest BCUT2D eigenvalue weighted by molar-refractivity contribution is 1.19. The van der Waals surface area contributed by atoms with Gasteiger partial charge in [-0.15, -0.1) is 0 Å². The maximum atomic E-state index is 9.00. The summed E-state index contributed by atoms with van der Waals surface area (Å²) >= 11 is 5.04. The lowest BCUT2D eigenvalue weighted by atomic mass is 10.1. The molecule has 0 atom stereocenters. The van der Waals surface area contributed by atoms with E-state index in [4.69, 9.17) is 5.26 Å². The fourth-order valence-corrected chi connectivity index (χ4v) is 3.49. The molecule has 0 saturated heterocycles. The second-order valence-corrected chi connectivity index (χ2v) is 6.94. The zero-order valence-corrected chi connectivity index (χ0v) is 14.1. The average Bonchev–Trinajstić information content (AvgIpc) is 2.88. The Labute approximate surface area is 140 Å². The van der Waals surface area contributed by atoms with Crippen LogP contribution in [0.1, 0.15) is 11.3 Å². The van der Waals surface area contributed by atoms with Crippen molar-refractivity contribution in [2.24, 2.45) is 0 Å². The number of nitrogens with zero attached hydrogens (tertiary/aromatic N) is 3. The van der Waals surface area contributed by atoms with Crippen molar-refractivity contribution in [3.05, 3.63) is 57.5 Å². The van der Waals surface area contributed by atoms with Gasteiger partial charge in [-0.05, 0) is 47.1 Å². The molecule has 6 heteroatoms. The molecule has 108 valence electrons. The van der Waals surface area contributed by atoms with Crippen molar-refractivity contribution in [2.75, 3.05) is 5.32 Å². The van der Waals surface area contributed by atoms with Gasteiger partial charge in [0.05, 0.1) is 21.1 Å². The normalized spacial score (nSPS) is 10.2. The van der Waals surface area contributed by atoms with E-state index in [1.807, 2.05) is 43.3 Å². The van der Waals surface area contributed by atoms with E-state index in [-0.39, 0.29) is 0 Å². The zero-order chi connectivity index (χ0) is 15.5. The van der Waals surface area contributed by atoms with E-state index < -0.39 is 0 Å². The highest BCUT2D eigenvalue weighted by molar-refractivity contribution is 9.11. The summed E-state index contributed by atoms with van der Waals surface area (Å²) in [4.78, 5) is 9.00. The van der Waals surface area contributed by atoms with Crippen molar-refractivity contribution >= 4 is 38.2 Å². The number of nitriles is 1. The number of aryl methyl sites for hydroxylation is 1. The molecule has 0 aliphatic heterocycles. The van der Waals surface area contributed by atoms with Crippen molar-refractivity contribution in [3.8, 4) is 17.3 Å². The quantitative estimate of drug-likeness (QED) is 0.712. The summed E-state index contributed by atoms with van der Waals surface area (Å²) < 4.78 is 0.915. The molecule has 0 aliphatic rings. The molecule has 0 spiro atoms. The fraction of sp³-hybridized carbons (Fsp3) is 0.0625. The lowest BCUT2D eigenvalue weighted by Crippen LogP contribution is -1.93. The number of halogens is 1. The molecule has 0 bridgehead atoms. The van der Waals surface area contributed by atoms with Crippen LogP contribution in [0.5, 0.6) is 0 Å². The number of pyridine rings is 1.